The van der Waals surface area contributed by atoms with Gasteiger partial charge in [0.1, 0.15) is 5.75 Å². The van der Waals surface area contributed by atoms with E-state index in [4.69, 9.17) is 14.2 Å². The third-order valence-corrected chi connectivity index (χ3v) is 3.15. The lowest BCUT2D eigenvalue weighted by Crippen LogP contribution is -2.12. The minimum atomic E-state index is -0.598. The zero-order valence-electron chi connectivity index (χ0n) is 13.8. The first-order chi connectivity index (χ1) is 11.7. The molecule has 124 valence electrons. The monoisotopic (exact) mass is 324 g/mol. The average molecular weight is 324 g/mol. The molecule has 0 aliphatic heterocycles. The number of carbonyl (C=O) groups is 1. The van der Waals surface area contributed by atoms with Crippen LogP contribution in [0.2, 0.25) is 0 Å². The standard InChI is InChI=1S/C20H20O4/c1-3-22-16(2)23-15-18-10-8-7-9-17(18)13-14-20(21)24-19-11-5-4-6-12-19/h4-12,16H,3,15H2,1-2H3. The van der Waals surface area contributed by atoms with Crippen LogP contribution in [0.4, 0.5) is 0 Å². The number of hydrogen-bond donors (Lipinski definition) is 0. The molecule has 0 saturated carbocycles. The van der Waals surface area contributed by atoms with Crippen LogP contribution in [0.15, 0.2) is 54.6 Å². The molecule has 0 spiro atoms. The molecule has 0 radical (unpaired) electrons. The minimum absolute atomic E-state index is 0.293. The first-order valence-electron chi connectivity index (χ1n) is 7.79. The van der Waals surface area contributed by atoms with Crippen LogP contribution in [0.3, 0.4) is 0 Å². The molecule has 1 unspecified atom stereocenters. The topological polar surface area (TPSA) is 44.8 Å². The molecule has 0 N–H and O–H groups in total. The van der Waals surface area contributed by atoms with Crippen molar-refractivity contribution < 1.29 is 19.0 Å². The van der Waals surface area contributed by atoms with Crippen molar-refractivity contribution in [2.24, 2.45) is 0 Å². The number of rotatable bonds is 6. The molecule has 0 bridgehead atoms. The van der Waals surface area contributed by atoms with Crippen molar-refractivity contribution in [3.8, 4) is 17.6 Å². The third-order valence-electron chi connectivity index (χ3n) is 3.15. The summed E-state index contributed by atoms with van der Waals surface area (Å²) in [6, 6.07) is 16.4. The Balaban J connectivity index is 2.01. The van der Waals surface area contributed by atoms with Gasteiger partial charge < -0.3 is 14.2 Å². The van der Waals surface area contributed by atoms with Crippen LogP contribution >= 0.6 is 0 Å². The van der Waals surface area contributed by atoms with Gasteiger partial charge in [0.15, 0.2) is 6.29 Å². The van der Waals surface area contributed by atoms with Gasteiger partial charge in [-0.3, -0.25) is 0 Å². The van der Waals surface area contributed by atoms with E-state index >= 15 is 0 Å². The number of benzene rings is 2. The number of ether oxygens (including phenoxy) is 3. The quantitative estimate of drug-likeness (QED) is 0.353. The molecule has 0 saturated heterocycles. The van der Waals surface area contributed by atoms with Crippen LogP contribution in [-0.2, 0) is 20.9 Å². The SMILES string of the molecule is CCOC(C)OCc1ccccc1C#CC(=O)Oc1ccccc1. The molecule has 4 heteroatoms. The number of para-hydroxylation sites is 1. The molecular formula is C20H20O4. The van der Waals surface area contributed by atoms with Crippen LogP contribution in [0.5, 0.6) is 5.75 Å². The van der Waals surface area contributed by atoms with Crippen LogP contribution in [-0.4, -0.2) is 18.9 Å². The summed E-state index contributed by atoms with van der Waals surface area (Å²) in [5.41, 5.74) is 1.62. The van der Waals surface area contributed by atoms with Crippen molar-refractivity contribution >= 4 is 5.97 Å². The van der Waals surface area contributed by atoms with Gasteiger partial charge in [0.2, 0.25) is 0 Å². The molecule has 2 aromatic rings. The van der Waals surface area contributed by atoms with Gasteiger partial charge in [-0.25, -0.2) is 4.79 Å². The van der Waals surface area contributed by atoms with Crippen molar-refractivity contribution in [2.45, 2.75) is 26.7 Å². The highest BCUT2D eigenvalue weighted by molar-refractivity contribution is 5.90. The summed E-state index contributed by atoms with van der Waals surface area (Å²) in [5, 5.41) is 0. The summed E-state index contributed by atoms with van der Waals surface area (Å²) in [7, 11) is 0. The lowest BCUT2D eigenvalue weighted by Gasteiger charge is -2.13. The molecule has 24 heavy (non-hydrogen) atoms. The smallest absolute Gasteiger partial charge is 0.390 e. The van der Waals surface area contributed by atoms with E-state index in [-0.39, 0.29) is 6.29 Å². The van der Waals surface area contributed by atoms with E-state index in [0.29, 0.717) is 19.0 Å². The highest BCUT2D eigenvalue weighted by atomic mass is 16.7. The molecule has 0 amide bonds. The highest BCUT2D eigenvalue weighted by Crippen LogP contribution is 2.11. The van der Waals surface area contributed by atoms with Gasteiger partial charge in [-0.05, 0) is 37.6 Å². The fourth-order valence-corrected chi connectivity index (χ4v) is 2.00. The van der Waals surface area contributed by atoms with E-state index in [1.165, 1.54) is 0 Å². The molecule has 0 fully saturated rings. The fraction of sp³-hybridized carbons (Fsp3) is 0.250. The van der Waals surface area contributed by atoms with Crippen LogP contribution < -0.4 is 4.74 Å². The largest absolute Gasteiger partial charge is 0.417 e. The Morgan fingerprint density at radius 1 is 1.04 bits per heavy atom. The number of hydrogen-bond acceptors (Lipinski definition) is 4. The fourth-order valence-electron chi connectivity index (χ4n) is 2.00. The predicted molar refractivity (Wildman–Crippen MR) is 91.3 cm³/mol. The van der Waals surface area contributed by atoms with Crippen molar-refractivity contribution in [3.63, 3.8) is 0 Å². The van der Waals surface area contributed by atoms with Crippen molar-refractivity contribution in [1.29, 1.82) is 0 Å². The number of carbonyl (C=O) groups excluding carboxylic acids is 1. The van der Waals surface area contributed by atoms with Crippen LogP contribution in [0, 0.1) is 11.8 Å². The first kappa shape index (κ1) is 17.7. The Hall–Kier alpha value is -2.61. The molecule has 0 heterocycles. The normalized spacial score (nSPS) is 11.2. The van der Waals surface area contributed by atoms with E-state index in [1.54, 1.807) is 24.3 Å². The van der Waals surface area contributed by atoms with Crippen LogP contribution in [0.1, 0.15) is 25.0 Å². The lowest BCUT2D eigenvalue weighted by atomic mass is 10.1. The van der Waals surface area contributed by atoms with Gasteiger partial charge in [0.25, 0.3) is 0 Å². The lowest BCUT2D eigenvalue weighted by molar-refractivity contribution is -0.134. The van der Waals surface area contributed by atoms with Crippen molar-refractivity contribution in [3.05, 3.63) is 65.7 Å². The second-order valence-electron chi connectivity index (χ2n) is 4.94. The van der Waals surface area contributed by atoms with E-state index < -0.39 is 5.97 Å². The van der Waals surface area contributed by atoms with E-state index in [1.807, 2.05) is 44.2 Å². The number of esters is 1. The molecule has 0 aliphatic carbocycles. The van der Waals surface area contributed by atoms with Crippen LogP contribution in [0.25, 0.3) is 0 Å². The molecule has 0 aromatic heterocycles. The summed E-state index contributed by atoms with van der Waals surface area (Å²) in [6.45, 7) is 4.71. The Bertz CT molecular complexity index is 713. The van der Waals surface area contributed by atoms with E-state index in [2.05, 4.69) is 11.8 Å². The summed E-state index contributed by atoms with van der Waals surface area (Å²) < 4.78 is 16.1. The maximum Gasteiger partial charge on any atom is 0.390 e. The summed E-state index contributed by atoms with van der Waals surface area (Å²) in [5.74, 6) is 5.22. The van der Waals surface area contributed by atoms with Gasteiger partial charge in [-0.15, -0.1) is 0 Å². The van der Waals surface area contributed by atoms with Gasteiger partial charge in [-0.1, -0.05) is 42.3 Å². The minimum Gasteiger partial charge on any atom is -0.417 e. The van der Waals surface area contributed by atoms with Gasteiger partial charge in [0.05, 0.1) is 6.61 Å². The van der Waals surface area contributed by atoms with E-state index in [0.717, 1.165) is 11.1 Å². The molecule has 0 aliphatic rings. The molecule has 2 rings (SSSR count). The maximum absolute atomic E-state index is 11.8. The molecular weight excluding hydrogens is 304 g/mol. The van der Waals surface area contributed by atoms with Gasteiger partial charge in [-0.2, -0.15) is 0 Å². The Labute approximate surface area is 142 Å². The van der Waals surface area contributed by atoms with E-state index in [9.17, 15) is 4.79 Å². The second kappa shape index (κ2) is 9.51. The molecule has 1 atom stereocenters. The Kier molecular flexibility index (Phi) is 7.03. The molecule has 4 nitrogen and oxygen atoms in total. The van der Waals surface area contributed by atoms with Gasteiger partial charge in [0, 0.05) is 18.1 Å². The first-order valence-corrected chi connectivity index (χ1v) is 7.79. The zero-order valence-corrected chi connectivity index (χ0v) is 13.8. The second-order valence-corrected chi connectivity index (χ2v) is 4.94. The van der Waals surface area contributed by atoms with Gasteiger partial charge >= 0.3 is 5.97 Å². The average Bonchev–Trinajstić information content (AvgIpc) is 2.60. The predicted octanol–water partition coefficient (Wildman–Crippen LogP) is 3.54. The summed E-state index contributed by atoms with van der Waals surface area (Å²) >= 11 is 0. The maximum atomic E-state index is 11.8. The Morgan fingerprint density at radius 3 is 2.50 bits per heavy atom. The highest BCUT2D eigenvalue weighted by Gasteiger charge is 2.05. The Morgan fingerprint density at radius 2 is 1.75 bits per heavy atom. The molecule has 2 aromatic carbocycles. The third kappa shape index (κ3) is 5.88. The summed E-state index contributed by atoms with van der Waals surface area (Å²) in [6.07, 6.45) is -0.293. The van der Waals surface area contributed by atoms with Crippen molar-refractivity contribution in [1.82, 2.24) is 0 Å². The zero-order chi connectivity index (χ0) is 17.2. The summed E-state index contributed by atoms with van der Waals surface area (Å²) in [4.78, 5) is 11.8. The van der Waals surface area contributed by atoms with Crippen molar-refractivity contribution in [2.75, 3.05) is 6.61 Å².